The molecule has 4 aromatic rings. The Hall–Kier alpha value is -4.04. The van der Waals surface area contributed by atoms with E-state index < -0.39 is 23.1 Å². The van der Waals surface area contributed by atoms with Crippen LogP contribution in [-0.4, -0.2) is 19.6 Å². The maximum absolute atomic E-state index is 12.9. The molecule has 3 heterocycles. The van der Waals surface area contributed by atoms with Crippen LogP contribution < -0.4 is 15.6 Å². The topological polar surface area (TPSA) is 108 Å². The minimum atomic E-state index is -4.81. The lowest BCUT2D eigenvalue weighted by molar-refractivity contribution is -0.141. The van der Waals surface area contributed by atoms with Crippen molar-refractivity contribution in [1.29, 1.82) is 5.26 Å². The number of nitrogens with zero attached hydrogens (tertiary/aromatic N) is 4. The molecule has 0 fully saturated rings. The van der Waals surface area contributed by atoms with Crippen LogP contribution in [0.5, 0.6) is 11.5 Å². The van der Waals surface area contributed by atoms with E-state index in [0.29, 0.717) is 23.3 Å². The molecule has 4 rings (SSSR count). The van der Waals surface area contributed by atoms with Crippen LogP contribution in [0.15, 0.2) is 59.7 Å². The minimum Gasteiger partial charge on any atom is -0.457 e. The Labute approximate surface area is 178 Å². The van der Waals surface area contributed by atoms with E-state index in [1.807, 2.05) is 0 Å². The van der Waals surface area contributed by atoms with Crippen molar-refractivity contribution in [3.63, 3.8) is 0 Å². The Bertz CT molecular complexity index is 1310. The first kappa shape index (κ1) is 21.7. The van der Waals surface area contributed by atoms with E-state index in [9.17, 15) is 23.2 Å². The molecule has 3 aromatic heterocycles. The SMILES string of the molecule is Cl.N#Cc1c(Nc2ccc(Oc3ccncc3)cc2)[nH]n2c(=O)cc(C(F)(F)F)nc12. The molecule has 0 saturated carbocycles. The van der Waals surface area contributed by atoms with Crippen molar-refractivity contribution in [2.45, 2.75) is 6.18 Å². The van der Waals surface area contributed by atoms with Gasteiger partial charge in [0.25, 0.3) is 5.56 Å². The summed E-state index contributed by atoms with van der Waals surface area (Å²) in [5.41, 5.74) is -2.50. The van der Waals surface area contributed by atoms with Crippen molar-refractivity contribution in [3.8, 4) is 17.6 Å². The molecule has 158 valence electrons. The lowest BCUT2D eigenvalue weighted by atomic mass is 10.2. The zero-order chi connectivity index (χ0) is 21.3. The van der Waals surface area contributed by atoms with Gasteiger partial charge in [-0.25, -0.2) is 4.98 Å². The quantitative estimate of drug-likeness (QED) is 0.483. The maximum Gasteiger partial charge on any atom is 0.433 e. The lowest BCUT2D eigenvalue weighted by Crippen LogP contribution is -2.20. The summed E-state index contributed by atoms with van der Waals surface area (Å²) >= 11 is 0. The minimum absolute atomic E-state index is 0. The molecule has 31 heavy (non-hydrogen) atoms. The van der Waals surface area contributed by atoms with Gasteiger partial charge in [0, 0.05) is 24.1 Å². The number of anilines is 2. The number of rotatable bonds is 4. The van der Waals surface area contributed by atoms with Crippen molar-refractivity contribution >= 4 is 29.6 Å². The van der Waals surface area contributed by atoms with Gasteiger partial charge in [-0.2, -0.15) is 22.9 Å². The highest BCUT2D eigenvalue weighted by molar-refractivity contribution is 5.85. The van der Waals surface area contributed by atoms with Gasteiger partial charge >= 0.3 is 6.18 Å². The normalized spacial score (nSPS) is 10.9. The molecule has 0 amide bonds. The Morgan fingerprint density at radius 2 is 1.74 bits per heavy atom. The first-order valence-corrected chi connectivity index (χ1v) is 8.43. The fourth-order valence-electron chi connectivity index (χ4n) is 2.67. The Kier molecular flexibility index (Phi) is 5.85. The van der Waals surface area contributed by atoms with Crippen LogP contribution in [0.3, 0.4) is 0 Å². The molecular weight excluding hydrogens is 437 g/mol. The molecule has 0 atom stereocenters. The average Bonchev–Trinajstić information content (AvgIpc) is 3.07. The second kappa shape index (κ2) is 8.37. The number of hydrogen-bond acceptors (Lipinski definition) is 6. The van der Waals surface area contributed by atoms with Crippen molar-refractivity contribution in [1.82, 2.24) is 19.6 Å². The molecule has 0 aliphatic heterocycles. The van der Waals surface area contributed by atoms with Crippen molar-refractivity contribution in [2.75, 3.05) is 5.32 Å². The number of nitriles is 1. The molecule has 2 N–H and O–H groups in total. The van der Waals surface area contributed by atoms with E-state index in [1.165, 1.54) is 0 Å². The summed E-state index contributed by atoms with van der Waals surface area (Å²) in [5.74, 6) is 1.17. The van der Waals surface area contributed by atoms with Crippen LogP contribution in [-0.2, 0) is 6.18 Å². The van der Waals surface area contributed by atoms with Gasteiger partial charge in [-0.3, -0.25) is 14.9 Å². The fraction of sp³-hybridized carbons (Fsp3) is 0.0526. The summed E-state index contributed by atoms with van der Waals surface area (Å²) in [4.78, 5) is 19.3. The van der Waals surface area contributed by atoms with Crippen LogP contribution in [0.4, 0.5) is 24.7 Å². The van der Waals surface area contributed by atoms with E-state index in [2.05, 4.69) is 20.4 Å². The molecule has 0 unspecified atom stereocenters. The van der Waals surface area contributed by atoms with Crippen LogP contribution in [0.2, 0.25) is 0 Å². The number of H-pyrrole nitrogens is 1. The first-order valence-electron chi connectivity index (χ1n) is 8.43. The van der Waals surface area contributed by atoms with Crippen molar-refractivity contribution in [3.05, 3.63) is 76.5 Å². The maximum atomic E-state index is 12.9. The van der Waals surface area contributed by atoms with Gasteiger partial charge in [-0.1, -0.05) is 0 Å². The van der Waals surface area contributed by atoms with Gasteiger partial charge in [-0.15, -0.1) is 12.4 Å². The summed E-state index contributed by atoms with van der Waals surface area (Å²) in [6, 6.07) is 12.1. The number of nitrogens with one attached hydrogen (secondary N) is 2. The number of hydrogen-bond donors (Lipinski definition) is 2. The van der Waals surface area contributed by atoms with Crippen molar-refractivity contribution in [2.24, 2.45) is 0 Å². The number of pyridine rings is 1. The Balaban J connectivity index is 0.00000272. The third-order valence-electron chi connectivity index (χ3n) is 4.03. The zero-order valence-electron chi connectivity index (χ0n) is 15.3. The monoisotopic (exact) mass is 448 g/mol. The second-order valence-electron chi connectivity index (χ2n) is 6.04. The Morgan fingerprint density at radius 3 is 2.35 bits per heavy atom. The molecule has 0 bridgehead atoms. The van der Waals surface area contributed by atoms with Crippen LogP contribution >= 0.6 is 12.4 Å². The number of alkyl halides is 3. The highest BCUT2D eigenvalue weighted by atomic mass is 35.5. The Morgan fingerprint density at radius 1 is 1.10 bits per heavy atom. The third-order valence-corrected chi connectivity index (χ3v) is 4.03. The predicted molar refractivity (Wildman–Crippen MR) is 107 cm³/mol. The van der Waals surface area contributed by atoms with E-state index in [4.69, 9.17) is 4.74 Å². The summed E-state index contributed by atoms with van der Waals surface area (Å²) in [5, 5.41) is 14.8. The van der Waals surface area contributed by atoms with Crippen molar-refractivity contribution < 1.29 is 17.9 Å². The zero-order valence-corrected chi connectivity index (χ0v) is 16.2. The molecule has 12 heteroatoms. The van der Waals surface area contributed by atoms with Crippen LogP contribution in [0.25, 0.3) is 5.65 Å². The van der Waals surface area contributed by atoms with Gasteiger partial charge in [0.1, 0.15) is 28.9 Å². The van der Waals surface area contributed by atoms with Gasteiger partial charge in [0.15, 0.2) is 11.3 Å². The largest absolute Gasteiger partial charge is 0.457 e. The molecule has 0 aliphatic rings. The number of aromatic amines is 1. The summed E-state index contributed by atoms with van der Waals surface area (Å²) in [6.45, 7) is 0. The van der Waals surface area contributed by atoms with E-state index >= 15 is 0 Å². The number of fused-ring (bicyclic) bond motifs is 1. The second-order valence-corrected chi connectivity index (χ2v) is 6.04. The van der Waals surface area contributed by atoms with Gasteiger partial charge in [-0.05, 0) is 36.4 Å². The molecule has 1 aromatic carbocycles. The van der Waals surface area contributed by atoms with Crippen LogP contribution in [0, 0.1) is 11.3 Å². The van der Waals surface area contributed by atoms with Gasteiger partial charge in [0.2, 0.25) is 0 Å². The fourth-order valence-corrected chi connectivity index (χ4v) is 2.67. The molecule has 0 spiro atoms. The number of halogens is 4. The number of ether oxygens (including phenoxy) is 1. The summed E-state index contributed by atoms with van der Waals surface area (Å²) in [7, 11) is 0. The van der Waals surface area contributed by atoms with E-state index in [0.717, 1.165) is 4.52 Å². The van der Waals surface area contributed by atoms with E-state index in [-0.39, 0.29) is 23.8 Å². The number of aromatic nitrogens is 4. The first-order chi connectivity index (χ1) is 14.3. The molecule has 0 aliphatic carbocycles. The average molecular weight is 449 g/mol. The number of benzene rings is 1. The third kappa shape index (κ3) is 4.44. The lowest BCUT2D eigenvalue weighted by Gasteiger charge is -2.07. The molecule has 0 radical (unpaired) electrons. The molecule has 8 nitrogen and oxygen atoms in total. The highest BCUT2D eigenvalue weighted by Crippen LogP contribution is 2.29. The standard InChI is InChI=1S/C19H11F3N6O2.ClH/c20-19(21,22)15-9-16(29)28-18(26-15)14(10-23)17(27-28)25-11-1-3-12(4-2-11)30-13-5-7-24-8-6-13;/h1-9,25,27H;1H. The van der Waals surface area contributed by atoms with Gasteiger partial charge < -0.3 is 10.1 Å². The smallest absolute Gasteiger partial charge is 0.433 e. The summed E-state index contributed by atoms with van der Waals surface area (Å²) < 4.78 is 45.3. The summed E-state index contributed by atoms with van der Waals surface area (Å²) in [6.07, 6.45) is -1.63. The predicted octanol–water partition coefficient (Wildman–Crippen LogP) is 4.27. The molecule has 0 saturated heterocycles. The van der Waals surface area contributed by atoms with Crippen LogP contribution in [0.1, 0.15) is 11.3 Å². The van der Waals surface area contributed by atoms with E-state index in [1.54, 1.807) is 54.9 Å². The highest BCUT2D eigenvalue weighted by Gasteiger charge is 2.34. The van der Waals surface area contributed by atoms with Gasteiger partial charge in [0.05, 0.1) is 0 Å². The molecular formula is C19H12ClF3N6O2.